The first kappa shape index (κ1) is 20.8. The fraction of sp³-hybridized carbons (Fsp3) is 0.304. The van der Waals surface area contributed by atoms with E-state index in [1.165, 1.54) is 4.90 Å². The molecule has 3 heterocycles. The Morgan fingerprint density at radius 2 is 2.10 bits per heavy atom. The lowest BCUT2D eigenvalue weighted by atomic mass is 9.77. The first-order chi connectivity index (χ1) is 14.7. The molecule has 1 saturated heterocycles. The number of aromatic nitrogens is 2. The number of likely N-dealkylation sites (N-methyl/N-ethyl adjacent to an activating group) is 1. The molecule has 1 aliphatic rings. The topological polar surface area (TPSA) is 97.8 Å². The molecule has 2 atom stereocenters. The highest BCUT2D eigenvalue weighted by atomic mass is 32.1. The number of benzene rings is 1. The lowest BCUT2D eigenvalue weighted by Gasteiger charge is -2.44. The molecule has 7 nitrogen and oxygen atoms in total. The van der Waals surface area contributed by atoms with Crippen LogP contribution in [0.4, 0.5) is 0 Å². The Balaban J connectivity index is 1.79. The average molecular weight is 433 g/mol. The van der Waals surface area contributed by atoms with E-state index in [0.717, 1.165) is 21.6 Å². The minimum atomic E-state index is -0.804. The highest BCUT2D eigenvalue weighted by Crippen LogP contribution is 2.44. The second kappa shape index (κ2) is 7.67. The smallest absolute Gasteiger partial charge is 0.239 e. The van der Waals surface area contributed by atoms with Crippen LogP contribution in [0.1, 0.15) is 48.7 Å². The number of amides is 1. The molecule has 0 bridgehead atoms. The summed E-state index contributed by atoms with van der Waals surface area (Å²) in [6.07, 6.45) is 3.66. The van der Waals surface area contributed by atoms with E-state index in [1.54, 1.807) is 30.6 Å². The van der Waals surface area contributed by atoms with E-state index in [2.05, 4.69) is 16.5 Å². The van der Waals surface area contributed by atoms with Crippen LogP contribution in [0, 0.1) is 16.7 Å². The first-order valence-electron chi connectivity index (χ1n) is 10.0. The van der Waals surface area contributed by atoms with Gasteiger partial charge in [-0.25, -0.2) is 0 Å². The Morgan fingerprint density at radius 3 is 2.77 bits per heavy atom. The summed E-state index contributed by atoms with van der Waals surface area (Å²) in [4.78, 5) is 15.6. The summed E-state index contributed by atoms with van der Waals surface area (Å²) >= 11 is 1.54. The van der Waals surface area contributed by atoms with Crippen LogP contribution < -0.4 is 5.32 Å². The van der Waals surface area contributed by atoms with Crippen LogP contribution >= 0.6 is 11.3 Å². The minimum Gasteiger partial charge on any atom is -0.345 e. The van der Waals surface area contributed by atoms with Gasteiger partial charge in [0.05, 0.1) is 29.3 Å². The summed E-state index contributed by atoms with van der Waals surface area (Å²) in [5.41, 5.74) is 2.54. The summed E-state index contributed by atoms with van der Waals surface area (Å²) in [5.74, 6) is -0.603. The Morgan fingerprint density at radius 1 is 1.32 bits per heavy atom. The second-order valence-electron chi connectivity index (χ2n) is 8.25. The van der Waals surface area contributed by atoms with Crippen molar-refractivity contribution in [3.8, 4) is 17.2 Å². The van der Waals surface area contributed by atoms with Crippen molar-refractivity contribution in [1.82, 2.24) is 20.0 Å². The fourth-order valence-corrected chi connectivity index (χ4v) is 5.01. The summed E-state index contributed by atoms with van der Waals surface area (Å²) in [5, 5.41) is 27.3. The van der Waals surface area contributed by atoms with Gasteiger partial charge in [-0.2, -0.15) is 10.4 Å². The van der Waals surface area contributed by atoms with E-state index in [-0.39, 0.29) is 17.9 Å². The van der Waals surface area contributed by atoms with E-state index in [1.807, 2.05) is 61.3 Å². The van der Waals surface area contributed by atoms with Crippen molar-refractivity contribution in [2.45, 2.75) is 38.3 Å². The molecule has 31 heavy (non-hydrogen) atoms. The van der Waals surface area contributed by atoms with Gasteiger partial charge in [-0.1, -0.05) is 12.1 Å². The fourth-order valence-electron chi connectivity index (χ4n) is 3.95. The summed E-state index contributed by atoms with van der Waals surface area (Å²) < 4.78 is 1.84. The van der Waals surface area contributed by atoms with E-state index >= 15 is 0 Å². The van der Waals surface area contributed by atoms with Crippen LogP contribution in [0.3, 0.4) is 0 Å². The molecular formula is C23H24N6OS. The molecule has 8 heteroatoms. The van der Waals surface area contributed by atoms with Crippen molar-refractivity contribution in [2.24, 2.45) is 0 Å². The number of hydrogen-bond donors (Lipinski definition) is 2. The number of thiophene rings is 1. The predicted octanol–water partition coefficient (Wildman–Crippen LogP) is 4.06. The number of nitrogens with zero attached hydrogens (tertiary/aromatic N) is 4. The SMILES string of the molecule is CC(C)n1cc([C@@H]2C(=O)N(C)C(=N)N[C@]2(C)c2cc(-c3cccc(C#N)c3)cs2)cn1. The van der Waals surface area contributed by atoms with Crippen LogP contribution in [0.25, 0.3) is 11.1 Å². The summed E-state index contributed by atoms with van der Waals surface area (Å²) in [6.45, 7) is 6.05. The third-order valence-corrected chi connectivity index (χ3v) is 6.96. The van der Waals surface area contributed by atoms with E-state index in [0.29, 0.717) is 5.56 Å². The minimum absolute atomic E-state index is 0.0708. The van der Waals surface area contributed by atoms with Crippen molar-refractivity contribution in [1.29, 1.82) is 10.7 Å². The van der Waals surface area contributed by atoms with Gasteiger partial charge >= 0.3 is 0 Å². The molecule has 1 fully saturated rings. The van der Waals surface area contributed by atoms with Crippen LogP contribution in [0.2, 0.25) is 0 Å². The highest BCUT2D eigenvalue weighted by molar-refractivity contribution is 7.10. The molecule has 1 aromatic carbocycles. The van der Waals surface area contributed by atoms with Gasteiger partial charge in [0.15, 0.2) is 5.96 Å². The molecule has 0 aliphatic carbocycles. The Hall–Kier alpha value is -3.44. The van der Waals surface area contributed by atoms with Crippen LogP contribution in [0.5, 0.6) is 0 Å². The van der Waals surface area contributed by atoms with E-state index < -0.39 is 11.5 Å². The Bertz CT molecular complexity index is 1200. The molecule has 158 valence electrons. The molecule has 0 radical (unpaired) electrons. The standard InChI is InChI=1S/C23H24N6OS/c1-14(2)29-12-18(11-26-29)20-21(30)28(4)22(25)27-23(20,3)19-9-17(13-31-19)16-7-5-6-15(8-16)10-24/h5-9,11-14,20H,1-4H3,(H2,25,27)/t20-,23-/m1/s1. The lowest BCUT2D eigenvalue weighted by Crippen LogP contribution is -2.62. The molecule has 0 saturated carbocycles. The maximum Gasteiger partial charge on any atom is 0.239 e. The lowest BCUT2D eigenvalue weighted by molar-refractivity contribution is -0.131. The zero-order valence-electron chi connectivity index (χ0n) is 17.9. The average Bonchev–Trinajstić information content (AvgIpc) is 3.43. The van der Waals surface area contributed by atoms with Gasteiger partial charge in [0.2, 0.25) is 5.91 Å². The molecule has 3 aromatic rings. The maximum atomic E-state index is 13.3. The van der Waals surface area contributed by atoms with Gasteiger partial charge in [-0.15, -0.1) is 11.3 Å². The van der Waals surface area contributed by atoms with Gasteiger partial charge < -0.3 is 5.32 Å². The number of guanidine groups is 1. The molecule has 1 amide bonds. The van der Waals surface area contributed by atoms with Crippen LogP contribution in [0.15, 0.2) is 48.1 Å². The normalized spacial score (nSPS) is 21.3. The number of hydrogen-bond acceptors (Lipinski definition) is 5. The van der Waals surface area contributed by atoms with E-state index in [9.17, 15) is 10.1 Å². The second-order valence-corrected chi connectivity index (χ2v) is 9.16. The third-order valence-electron chi connectivity index (χ3n) is 5.79. The number of nitrogens with one attached hydrogen (secondary N) is 2. The molecule has 2 aromatic heterocycles. The van der Waals surface area contributed by atoms with Crippen molar-refractivity contribution >= 4 is 23.2 Å². The zero-order chi connectivity index (χ0) is 22.3. The van der Waals surface area contributed by atoms with Gasteiger partial charge in [0, 0.05) is 29.7 Å². The highest BCUT2D eigenvalue weighted by Gasteiger charge is 2.49. The quantitative estimate of drug-likeness (QED) is 0.650. The summed E-state index contributed by atoms with van der Waals surface area (Å²) in [6, 6.07) is 11.9. The van der Waals surface area contributed by atoms with Crippen LogP contribution in [-0.4, -0.2) is 33.6 Å². The maximum absolute atomic E-state index is 13.3. The monoisotopic (exact) mass is 432 g/mol. The van der Waals surface area contributed by atoms with Gasteiger partial charge in [0.25, 0.3) is 0 Å². The number of carbonyl (C=O) groups excluding carboxylic acids is 1. The first-order valence-corrected chi connectivity index (χ1v) is 10.9. The van der Waals surface area contributed by atoms with E-state index in [4.69, 9.17) is 5.41 Å². The van der Waals surface area contributed by atoms with Crippen molar-refractivity contribution in [3.05, 3.63) is 64.1 Å². The molecule has 2 N–H and O–H groups in total. The molecule has 1 aliphatic heterocycles. The number of rotatable bonds is 4. The molecule has 4 rings (SSSR count). The van der Waals surface area contributed by atoms with Gasteiger partial charge in [-0.3, -0.25) is 19.8 Å². The zero-order valence-corrected chi connectivity index (χ0v) is 18.7. The Kier molecular flexibility index (Phi) is 5.15. The van der Waals surface area contributed by atoms with Gasteiger partial charge in [-0.05, 0) is 55.5 Å². The summed E-state index contributed by atoms with van der Waals surface area (Å²) in [7, 11) is 1.62. The third kappa shape index (κ3) is 3.51. The molecular weight excluding hydrogens is 408 g/mol. The molecule has 0 spiro atoms. The van der Waals surface area contributed by atoms with Gasteiger partial charge in [0.1, 0.15) is 0 Å². The predicted molar refractivity (Wildman–Crippen MR) is 121 cm³/mol. The molecule has 0 unspecified atom stereocenters. The van der Waals surface area contributed by atoms with Crippen molar-refractivity contribution in [2.75, 3.05) is 7.05 Å². The number of nitriles is 1. The van der Waals surface area contributed by atoms with Crippen LogP contribution in [-0.2, 0) is 10.3 Å². The van der Waals surface area contributed by atoms with Crippen molar-refractivity contribution in [3.63, 3.8) is 0 Å². The Labute approximate surface area is 185 Å². The largest absolute Gasteiger partial charge is 0.345 e. The van der Waals surface area contributed by atoms with Crippen molar-refractivity contribution < 1.29 is 4.79 Å². The number of carbonyl (C=O) groups is 1.